The van der Waals surface area contributed by atoms with E-state index in [4.69, 9.17) is 23.8 Å². The number of nitrogens with one attached hydrogen (secondary N) is 1. The fourth-order valence-electron chi connectivity index (χ4n) is 1.64. The molecule has 1 heterocycles. The van der Waals surface area contributed by atoms with Crippen LogP contribution in [-0.2, 0) is 6.42 Å². The van der Waals surface area contributed by atoms with Crippen molar-refractivity contribution in [2.45, 2.75) is 26.2 Å². The second-order valence-corrected chi connectivity index (χ2v) is 4.92. The van der Waals surface area contributed by atoms with E-state index < -0.39 is 0 Å². The molecule has 19 heavy (non-hydrogen) atoms. The van der Waals surface area contributed by atoms with Gasteiger partial charge in [0.05, 0.1) is 6.21 Å². The van der Waals surface area contributed by atoms with Crippen molar-refractivity contribution in [1.82, 2.24) is 14.9 Å². The predicted molar refractivity (Wildman–Crippen MR) is 80.5 cm³/mol. The largest absolute Gasteiger partial charge is 0.250 e. The highest BCUT2D eigenvalue weighted by Crippen LogP contribution is 2.12. The number of benzene rings is 1. The molecule has 1 aromatic heterocycles. The van der Waals surface area contributed by atoms with Crippen molar-refractivity contribution in [3.63, 3.8) is 0 Å². The second kappa shape index (κ2) is 6.63. The summed E-state index contributed by atoms with van der Waals surface area (Å²) in [5, 5.41) is 12.0. The number of aromatic amines is 1. The van der Waals surface area contributed by atoms with Crippen molar-refractivity contribution in [2.24, 2.45) is 5.10 Å². The molecule has 0 saturated carbocycles. The summed E-state index contributed by atoms with van der Waals surface area (Å²) in [6.07, 6.45) is 4.71. The van der Waals surface area contributed by atoms with Crippen LogP contribution in [0, 0.1) is 4.77 Å². The molecule has 1 aromatic carbocycles. The van der Waals surface area contributed by atoms with Crippen LogP contribution in [0.3, 0.4) is 0 Å². The molecule has 100 valence electrons. The fourth-order valence-corrected chi connectivity index (χ4v) is 2.02. The number of H-pyrrole nitrogens is 1. The van der Waals surface area contributed by atoms with Gasteiger partial charge in [0.25, 0.3) is 0 Å². The molecule has 0 aliphatic heterocycles. The minimum absolute atomic E-state index is 0.495. The first-order chi connectivity index (χ1) is 9.22. The van der Waals surface area contributed by atoms with Crippen LogP contribution in [0.5, 0.6) is 0 Å². The Bertz CT molecular complexity index is 630. The van der Waals surface area contributed by atoms with Crippen molar-refractivity contribution in [2.75, 3.05) is 0 Å². The Morgan fingerprint density at radius 2 is 2.26 bits per heavy atom. The van der Waals surface area contributed by atoms with Crippen molar-refractivity contribution in [3.05, 3.63) is 45.4 Å². The zero-order chi connectivity index (χ0) is 13.7. The number of nitrogens with zero attached hydrogens (tertiary/aromatic N) is 3. The van der Waals surface area contributed by atoms with Gasteiger partial charge in [0.2, 0.25) is 4.77 Å². The van der Waals surface area contributed by atoms with Crippen molar-refractivity contribution in [1.29, 1.82) is 0 Å². The molecule has 0 unspecified atom stereocenters. The highest BCUT2D eigenvalue weighted by molar-refractivity contribution is 7.71. The highest BCUT2D eigenvalue weighted by Gasteiger charge is 2.04. The van der Waals surface area contributed by atoms with Crippen LogP contribution in [0.4, 0.5) is 0 Å². The van der Waals surface area contributed by atoms with Gasteiger partial charge in [0, 0.05) is 17.0 Å². The molecule has 0 aliphatic rings. The van der Waals surface area contributed by atoms with E-state index in [0.717, 1.165) is 30.7 Å². The van der Waals surface area contributed by atoms with Crippen molar-refractivity contribution >= 4 is 30.0 Å². The number of aryl methyl sites for hydroxylation is 1. The zero-order valence-corrected chi connectivity index (χ0v) is 12.2. The zero-order valence-electron chi connectivity index (χ0n) is 10.6. The summed E-state index contributed by atoms with van der Waals surface area (Å²) in [5.74, 6) is 0.843. The molecule has 0 radical (unpaired) electrons. The van der Waals surface area contributed by atoms with Crippen LogP contribution in [0.1, 0.15) is 31.2 Å². The standard InChI is InChI=1S/C13H15ClN4S/c1-2-3-8-12-16-17-13(19)18(12)15-9-10-6-4-5-7-11(10)14/h4-7,9H,2-3,8H2,1H3,(H,17,19)/b15-9+. The third-order valence-electron chi connectivity index (χ3n) is 2.69. The number of rotatable bonds is 5. The number of aromatic nitrogens is 3. The van der Waals surface area contributed by atoms with Crippen LogP contribution < -0.4 is 0 Å². The van der Waals surface area contributed by atoms with Gasteiger partial charge in [-0.15, -0.1) is 0 Å². The SMILES string of the molecule is CCCCc1n[nH]c(=S)n1/N=C/c1ccccc1Cl. The lowest BCUT2D eigenvalue weighted by Crippen LogP contribution is -1.99. The molecule has 0 bridgehead atoms. The fraction of sp³-hybridized carbons (Fsp3) is 0.308. The summed E-state index contributed by atoms with van der Waals surface area (Å²) >= 11 is 11.2. The van der Waals surface area contributed by atoms with Crippen LogP contribution in [0.25, 0.3) is 0 Å². The molecule has 2 rings (SSSR count). The molecule has 0 saturated heterocycles. The molecule has 1 N–H and O–H groups in total. The lowest BCUT2D eigenvalue weighted by molar-refractivity contribution is 0.700. The molecule has 2 aromatic rings. The maximum atomic E-state index is 6.08. The Hall–Kier alpha value is -1.46. The van der Waals surface area contributed by atoms with E-state index in [0.29, 0.717) is 9.79 Å². The Kier molecular flexibility index (Phi) is 4.87. The van der Waals surface area contributed by atoms with Gasteiger partial charge in [-0.1, -0.05) is 43.1 Å². The van der Waals surface area contributed by atoms with Gasteiger partial charge in [0.15, 0.2) is 5.82 Å². The summed E-state index contributed by atoms with van der Waals surface area (Å²) in [4.78, 5) is 0. The van der Waals surface area contributed by atoms with Crippen LogP contribution in [0.2, 0.25) is 5.02 Å². The second-order valence-electron chi connectivity index (χ2n) is 4.13. The minimum Gasteiger partial charge on any atom is -0.250 e. The topological polar surface area (TPSA) is 46.0 Å². The van der Waals surface area contributed by atoms with E-state index in [1.807, 2.05) is 24.3 Å². The maximum absolute atomic E-state index is 6.08. The maximum Gasteiger partial charge on any atom is 0.216 e. The van der Waals surface area contributed by atoms with E-state index in [1.54, 1.807) is 10.9 Å². The average Bonchev–Trinajstić information content (AvgIpc) is 2.76. The van der Waals surface area contributed by atoms with Gasteiger partial charge < -0.3 is 0 Å². The van der Waals surface area contributed by atoms with Crippen LogP contribution >= 0.6 is 23.8 Å². The van der Waals surface area contributed by atoms with E-state index in [9.17, 15) is 0 Å². The number of unbranched alkanes of at least 4 members (excludes halogenated alkanes) is 1. The lowest BCUT2D eigenvalue weighted by Gasteiger charge is -2.00. The van der Waals surface area contributed by atoms with Crippen LogP contribution in [-0.4, -0.2) is 21.1 Å². The third-order valence-corrected chi connectivity index (χ3v) is 3.30. The molecule has 6 heteroatoms. The molecule has 0 fully saturated rings. The summed E-state index contributed by atoms with van der Waals surface area (Å²) in [6, 6.07) is 7.53. The van der Waals surface area contributed by atoms with Crippen molar-refractivity contribution < 1.29 is 0 Å². The number of hydrogen-bond acceptors (Lipinski definition) is 3. The number of halogens is 1. The Morgan fingerprint density at radius 1 is 1.47 bits per heavy atom. The Morgan fingerprint density at radius 3 is 3.00 bits per heavy atom. The van der Waals surface area contributed by atoms with Gasteiger partial charge in [-0.2, -0.15) is 14.9 Å². The molecular formula is C13H15ClN4S. The summed E-state index contributed by atoms with van der Waals surface area (Å²) < 4.78 is 2.14. The molecule has 0 amide bonds. The predicted octanol–water partition coefficient (Wildman–Crippen LogP) is 3.82. The summed E-state index contributed by atoms with van der Waals surface area (Å²) in [7, 11) is 0. The van der Waals surface area contributed by atoms with E-state index >= 15 is 0 Å². The minimum atomic E-state index is 0.495. The molecule has 0 atom stereocenters. The molecule has 0 aliphatic carbocycles. The van der Waals surface area contributed by atoms with Crippen LogP contribution in [0.15, 0.2) is 29.4 Å². The molecule has 4 nitrogen and oxygen atoms in total. The first kappa shape index (κ1) is 14.0. The van der Waals surface area contributed by atoms with E-state index in [1.165, 1.54) is 0 Å². The third kappa shape index (κ3) is 3.52. The van der Waals surface area contributed by atoms with E-state index in [2.05, 4.69) is 22.2 Å². The smallest absolute Gasteiger partial charge is 0.216 e. The average molecular weight is 295 g/mol. The molecular weight excluding hydrogens is 280 g/mol. The highest BCUT2D eigenvalue weighted by atomic mass is 35.5. The van der Waals surface area contributed by atoms with Gasteiger partial charge in [-0.25, -0.2) is 0 Å². The van der Waals surface area contributed by atoms with Gasteiger partial charge in [0.1, 0.15) is 0 Å². The lowest BCUT2D eigenvalue weighted by atomic mass is 10.2. The van der Waals surface area contributed by atoms with Gasteiger partial charge in [-0.05, 0) is 24.7 Å². The first-order valence-electron chi connectivity index (χ1n) is 6.17. The number of hydrogen-bond donors (Lipinski definition) is 1. The normalized spacial score (nSPS) is 11.3. The quantitative estimate of drug-likeness (QED) is 0.673. The molecule has 0 spiro atoms. The first-order valence-corrected chi connectivity index (χ1v) is 6.96. The summed E-state index contributed by atoms with van der Waals surface area (Å²) in [5.41, 5.74) is 0.855. The van der Waals surface area contributed by atoms with Gasteiger partial charge in [-0.3, -0.25) is 5.10 Å². The monoisotopic (exact) mass is 294 g/mol. The van der Waals surface area contributed by atoms with E-state index in [-0.39, 0.29) is 0 Å². The van der Waals surface area contributed by atoms with Crippen molar-refractivity contribution in [3.8, 4) is 0 Å². The Balaban J connectivity index is 2.26. The Labute approximate surface area is 122 Å². The summed E-state index contributed by atoms with van der Waals surface area (Å²) in [6.45, 7) is 2.14. The van der Waals surface area contributed by atoms with Gasteiger partial charge >= 0.3 is 0 Å².